The number of benzene rings is 1. The molecule has 0 unspecified atom stereocenters. The van der Waals surface area contributed by atoms with Gasteiger partial charge in [-0.15, -0.1) is 0 Å². The molecule has 4 nitrogen and oxygen atoms in total. The molecule has 100 valence electrons. The summed E-state index contributed by atoms with van der Waals surface area (Å²) in [6.07, 6.45) is 0. The number of carbonyl (C=O) groups excluding carboxylic acids is 1. The van der Waals surface area contributed by atoms with E-state index in [9.17, 15) is 4.79 Å². The van der Waals surface area contributed by atoms with E-state index in [4.69, 9.17) is 5.73 Å². The van der Waals surface area contributed by atoms with Gasteiger partial charge in [0.2, 0.25) is 5.91 Å². The van der Waals surface area contributed by atoms with Gasteiger partial charge in [-0.05, 0) is 51.5 Å². The van der Waals surface area contributed by atoms with Gasteiger partial charge >= 0.3 is 0 Å². The van der Waals surface area contributed by atoms with Crippen molar-refractivity contribution in [1.29, 1.82) is 0 Å². The fraction of sp³-hybridized carbons (Fsp3) is 0.500. The first-order chi connectivity index (χ1) is 8.49. The zero-order chi connectivity index (χ0) is 13.7. The smallest absolute Gasteiger partial charge is 0.241 e. The Bertz CT molecular complexity index is 412. The molecular weight excluding hydrogens is 226 g/mol. The van der Waals surface area contributed by atoms with Gasteiger partial charge in [-0.1, -0.05) is 0 Å². The summed E-state index contributed by atoms with van der Waals surface area (Å²) in [6, 6.07) is 5.55. The van der Waals surface area contributed by atoms with Crippen LogP contribution >= 0.6 is 0 Å². The summed E-state index contributed by atoms with van der Waals surface area (Å²) in [5.74, 6) is -0.159. The number of hydrogen-bond acceptors (Lipinski definition) is 3. The molecule has 1 amide bonds. The van der Waals surface area contributed by atoms with Gasteiger partial charge in [-0.2, -0.15) is 0 Å². The minimum Gasteiger partial charge on any atom is -0.372 e. The molecule has 0 aliphatic heterocycles. The molecule has 0 saturated carbocycles. The molecular formula is C14H23N3O. The predicted octanol–water partition coefficient (Wildman–Crippen LogP) is 2.13. The molecule has 3 N–H and O–H groups in total. The van der Waals surface area contributed by atoms with Gasteiger partial charge in [-0.25, -0.2) is 0 Å². The molecule has 1 aromatic rings. The number of amides is 1. The number of anilines is 2. The lowest BCUT2D eigenvalue weighted by molar-refractivity contribution is -0.117. The molecule has 0 aliphatic carbocycles. The lowest BCUT2D eigenvalue weighted by atomic mass is 10.1. The Morgan fingerprint density at radius 3 is 2.44 bits per heavy atom. The average Bonchev–Trinajstić information content (AvgIpc) is 2.33. The van der Waals surface area contributed by atoms with E-state index in [-0.39, 0.29) is 5.91 Å². The predicted molar refractivity (Wildman–Crippen MR) is 77.0 cm³/mol. The van der Waals surface area contributed by atoms with Crippen LogP contribution in [0.15, 0.2) is 18.2 Å². The van der Waals surface area contributed by atoms with Crippen LogP contribution in [-0.4, -0.2) is 25.0 Å². The van der Waals surface area contributed by atoms with Crippen LogP contribution in [0.2, 0.25) is 0 Å². The van der Waals surface area contributed by atoms with Crippen LogP contribution in [0.5, 0.6) is 0 Å². The Balaban J connectivity index is 2.89. The van der Waals surface area contributed by atoms with E-state index in [0.717, 1.165) is 24.3 Å². The van der Waals surface area contributed by atoms with Crippen LogP contribution in [0.1, 0.15) is 26.3 Å². The third-order valence-electron chi connectivity index (χ3n) is 3.01. The van der Waals surface area contributed by atoms with Crippen molar-refractivity contribution in [3.8, 4) is 0 Å². The summed E-state index contributed by atoms with van der Waals surface area (Å²) in [7, 11) is 0. The van der Waals surface area contributed by atoms with Gasteiger partial charge in [0.05, 0.1) is 6.04 Å². The molecule has 0 aliphatic rings. The van der Waals surface area contributed by atoms with Crippen LogP contribution in [0.25, 0.3) is 0 Å². The number of hydrogen-bond donors (Lipinski definition) is 2. The van der Waals surface area contributed by atoms with Gasteiger partial charge in [0.15, 0.2) is 0 Å². The standard InChI is InChI=1S/C14H23N3O/c1-5-17(6-2)12-7-8-13(10(3)9-12)16-14(18)11(4)15/h7-9,11H,5-6,15H2,1-4H3,(H,16,18)/t11-/m0/s1. The first-order valence-corrected chi connectivity index (χ1v) is 6.41. The molecule has 0 saturated heterocycles. The van der Waals surface area contributed by atoms with Crippen molar-refractivity contribution < 1.29 is 4.79 Å². The van der Waals surface area contributed by atoms with E-state index >= 15 is 0 Å². The second kappa shape index (κ2) is 6.40. The number of nitrogens with one attached hydrogen (secondary N) is 1. The molecule has 0 spiro atoms. The summed E-state index contributed by atoms with van der Waals surface area (Å²) in [6.45, 7) is 9.87. The van der Waals surface area contributed by atoms with Crippen molar-refractivity contribution in [2.45, 2.75) is 33.7 Å². The van der Waals surface area contributed by atoms with Crippen molar-refractivity contribution in [2.24, 2.45) is 5.73 Å². The minimum atomic E-state index is -0.494. The lowest BCUT2D eigenvalue weighted by Crippen LogP contribution is -2.32. The van der Waals surface area contributed by atoms with E-state index in [1.165, 1.54) is 5.69 Å². The summed E-state index contributed by atoms with van der Waals surface area (Å²) < 4.78 is 0. The molecule has 4 heteroatoms. The highest BCUT2D eigenvalue weighted by Crippen LogP contribution is 2.22. The fourth-order valence-electron chi connectivity index (χ4n) is 1.82. The number of rotatable bonds is 5. The van der Waals surface area contributed by atoms with Crippen molar-refractivity contribution in [1.82, 2.24) is 0 Å². The zero-order valence-corrected chi connectivity index (χ0v) is 11.7. The van der Waals surface area contributed by atoms with Crippen LogP contribution in [-0.2, 0) is 4.79 Å². The normalized spacial score (nSPS) is 12.1. The van der Waals surface area contributed by atoms with Crippen molar-refractivity contribution >= 4 is 17.3 Å². The van der Waals surface area contributed by atoms with Gasteiger partial charge in [0.1, 0.15) is 0 Å². The molecule has 18 heavy (non-hydrogen) atoms. The van der Waals surface area contributed by atoms with Crippen molar-refractivity contribution in [2.75, 3.05) is 23.3 Å². The Kier molecular flexibility index (Phi) is 5.16. The summed E-state index contributed by atoms with van der Waals surface area (Å²) in [4.78, 5) is 13.8. The molecule has 0 radical (unpaired) electrons. The number of nitrogens with zero attached hydrogens (tertiary/aromatic N) is 1. The Hall–Kier alpha value is -1.55. The molecule has 0 bridgehead atoms. The lowest BCUT2D eigenvalue weighted by Gasteiger charge is -2.22. The highest BCUT2D eigenvalue weighted by molar-refractivity contribution is 5.95. The molecule has 0 aromatic heterocycles. The van der Waals surface area contributed by atoms with Crippen LogP contribution < -0.4 is 16.0 Å². The maximum absolute atomic E-state index is 11.5. The Labute approximate surface area is 109 Å². The van der Waals surface area contributed by atoms with E-state index in [2.05, 4.69) is 30.1 Å². The average molecular weight is 249 g/mol. The highest BCUT2D eigenvalue weighted by atomic mass is 16.2. The molecule has 1 aromatic carbocycles. The van der Waals surface area contributed by atoms with Gasteiger partial charge in [0, 0.05) is 24.5 Å². The number of nitrogens with two attached hydrogens (primary N) is 1. The largest absolute Gasteiger partial charge is 0.372 e. The monoisotopic (exact) mass is 249 g/mol. The van der Waals surface area contributed by atoms with Crippen molar-refractivity contribution in [3.05, 3.63) is 23.8 Å². The van der Waals surface area contributed by atoms with E-state index in [1.807, 2.05) is 19.1 Å². The summed E-state index contributed by atoms with van der Waals surface area (Å²) in [5, 5.41) is 2.83. The molecule has 0 heterocycles. The van der Waals surface area contributed by atoms with Gasteiger partial charge in [0.25, 0.3) is 0 Å². The van der Waals surface area contributed by atoms with Crippen LogP contribution in [0.3, 0.4) is 0 Å². The van der Waals surface area contributed by atoms with Crippen LogP contribution in [0, 0.1) is 6.92 Å². The second-order valence-electron chi connectivity index (χ2n) is 4.45. The highest BCUT2D eigenvalue weighted by Gasteiger charge is 2.10. The van der Waals surface area contributed by atoms with E-state index < -0.39 is 6.04 Å². The maximum Gasteiger partial charge on any atom is 0.241 e. The SMILES string of the molecule is CCN(CC)c1ccc(NC(=O)[C@H](C)N)c(C)c1. The first-order valence-electron chi connectivity index (χ1n) is 6.41. The fourth-order valence-corrected chi connectivity index (χ4v) is 1.82. The first kappa shape index (κ1) is 14.5. The molecule has 1 atom stereocenters. The summed E-state index contributed by atoms with van der Waals surface area (Å²) in [5.41, 5.74) is 8.59. The zero-order valence-electron chi connectivity index (χ0n) is 11.7. The second-order valence-corrected chi connectivity index (χ2v) is 4.45. The Morgan fingerprint density at radius 2 is 2.00 bits per heavy atom. The van der Waals surface area contributed by atoms with Crippen molar-refractivity contribution in [3.63, 3.8) is 0 Å². The quantitative estimate of drug-likeness (QED) is 0.840. The Morgan fingerprint density at radius 1 is 1.39 bits per heavy atom. The molecule has 1 rings (SSSR count). The number of aryl methyl sites for hydroxylation is 1. The third kappa shape index (κ3) is 3.47. The van der Waals surface area contributed by atoms with Gasteiger partial charge in [-0.3, -0.25) is 4.79 Å². The van der Waals surface area contributed by atoms with Crippen LogP contribution in [0.4, 0.5) is 11.4 Å². The van der Waals surface area contributed by atoms with E-state index in [0.29, 0.717) is 0 Å². The van der Waals surface area contributed by atoms with E-state index in [1.54, 1.807) is 6.92 Å². The number of carbonyl (C=O) groups is 1. The maximum atomic E-state index is 11.5. The topological polar surface area (TPSA) is 58.4 Å². The third-order valence-corrected chi connectivity index (χ3v) is 3.01. The van der Waals surface area contributed by atoms with Gasteiger partial charge < -0.3 is 16.0 Å². The molecule has 0 fully saturated rings. The summed E-state index contributed by atoms with van der Waals surface area (Å²) >= 11 is 0. The minimum absolute atomic E-state index is 0.159.